The first-order valence-corrected chi connectivity index (χ1v) is 10.0. The molecule has 0 saturated heterocycles. The molecule has 3 nitrogen and oxygen atoms in total. The number of rotatable bonds is 10. The maximum Gasteiger partial charge on any atom is 0.0945 e. The van der Waals surface area contributed by atoms with Crippen molar-refractivity contribution in [1.29, 1.82) is 0 Å². The molecule has 0 fully saturated rings. The largest absolute Gasteiger partial charge is 0.369 e. The van der Waals surface area contributed by atoms with Crippen molar-refractivity contribution in [1.82, 2.24) is 9.55 Å². The summed E-state index contributed by atoms with van der Waals surface area (Å²) in [4.78, 5) is 4.08. The lowest BCUT2D eigenvalue weighted by atomic mass is 10.0. The van der Waals surface area contributed by atoms with Gasteiger partial charge in [-0.05, 0) is 36.1 Å². The lowest BCUT2D eigenvalue weighted by Gasteiger charge is -2.19. The number of hydrogen-bond donors (Lipinski definition) is 0. The summed E-state index contributed by atoms with van der Waals surface area (Å²) in [5.74, 6) is 0. The first-order chi connectivity index (χ1) is 13.2. The van der Waals surface area contributed by atoms with E-state index in [1.165, 1.54) is 5.56 Å². The van der Waals surface area contributed by atoms with Crippen LogP contribution in [-0.4, -0.2) is 9.55 Å². The highest BCUT2D eigenvalue weighted by molar-refractivity contribution is 6.35. The van der Waals surface area contributed by atoms with Crippen molar-refractivity contribution < 1.29 is 4.74 Å². The van der Waals surface area contributed by atoms with E-state index < -0.39 is 0 Å². The van der Waals surface area contributed by atoms with Crippen molar-refractivity contribution in [2.24, 2.45) is 0 Å². The summed E-state index contributed by atoms with van der Waals surface area (Å²) in [6.07, 6.45) is 10.2. The quantitative estimate of drug-likeness (QED) is 0.352. The molecule has 1 unspecified atom stereocenters. The Morgan fingerprint density at radius 2 is 1.85 bits per heavy atom. The Kier molecular flexibility index (Phi) is 7.76. The Balaban J connectivity index is 1.53. The number of unbranched alkanes of at least 4 members (excludes halogenated alkanes) is 2. The Labute approximate surface area is 170 Å². The fourth-order valence-electron chi connectivity index (χ4n) is 3.06. The van der Waals surface area contributed by atoms with Gasteiger partial charge in [-0.25, -0.2) is 4.98 Å². The lowest BCUT2D eigenvalue weighted by Crippen LogP contribution is -2.05. The minimum Gasteiger partial charge on any atom is -0.369 e. The highest BCUT2D eigenvalue weighted by atomic mass is 35.5. The number of halogens is 2. The molecule has 1 heterocycles. The lowest BCUT2D eigenvalue weighted by molar-refractivity contribution is 0.0321. The van der Waals surface area contributed by atoms with Crippen LogP contribution in [0.25, 0.3) is 0 Å². The fraction of sp³-hybridized carbons (Fsp3) is 0.318. The summed E-state index contributed by atoms with van der Waals surface area (Å²) in [6, 6.07) is 15.9. The Morgan fingerprint density at radius 3 is 2.59 bits per heavy atom. The molecule has 0 aliphatic rings. The Morgan fingerprint density at radius 1 is 1.00 bits per heavy atom. The van der Waals surface area contributed by atoms with E-state index in [1.807, 2.05) is 36.9 Å². The molecule has 0 radical (unpaired) electrons. The van der Waals surface area contributed by atoms with Gasteiger partial charge in [-0.3, -0.25) is 0 Å². The number of imidazole rings is 1. The van der Waals surface area contributed by atoms with Gasteiger partial charge in [0.25, 0.3) is 0 Å². The average Bonchev–Trinajstić information content (AvgIpc) is 3.19. The van der Waals surface area contributed by atoms with Crippen molar-refractivity contribution in [2.45, 2.75) is 44.9 Å². The smallest absolute Gasteiger partial charge is 0.0945 e. The van der Waals surface area contributed by atoms with Crippen molar-refractivity contribution in [3.8, 4) is 0 Å². The standard InChI is InChI=1S/C22H24Cl2N2O/c23-20-11-10-19(21(24)15-20)16-27-22(18-7-3-1-4-8-18)9-5-2-6-13-26-14-12-25-17-26/h1,3-4,7-8,10-12,14-15,17,22H,2,5-6,9,13,16H2. The molecule has 0 N–H and O–H groups in total. The van der Waals surface area contributed by atoms with Crippen LogP contribution in [-0.2, 0) is 17.9 Å². The molecule has 142 valence electrons. The predicted molar refractivity (Wildman–Crippen MR) is 111 cm³/mol. The zero-order valence-corrected chi connectivity index (χ0v) is 16.7. The van der Waals surface area contributed by atoms with Crippen molar-refractivity contribution >= 4 is 23.2 Å². The van der Waals surface area contributed by atoms with Crippen LogP contribution in [0.4, 0.5) is 0 Å². The molecule has 3 rings (SSSR count). The van der Waals surface area contributed by atoms with Gasteiger partial charge >= 0.3 is 0 Å². The van der Waals surface area contributed by atoms with E-state index in [0.29, 0.717) is 16.7 Å². The van der Waals surface area contributed by atoms with E-state index in [1.54, 1.807) is 6.07 Å². The molecule has 0 amide bonds. The zero-order chi connectivity index (χ0) is 18.9. The summed E-state index contributed by atoms with van der Waals surface area (Å²) in [7, 11) is 0. The third kappa shape index (κ3) is 6.39. The number of benzene rings is 2. The maximum absolute atomic E-state index is 6.28. The van der Waals surface area contributed by atoms with Crippen LogP contribution < -0.4 is 0 Å². The van der Waals surface area contributed by atoms with Crippen LogP contribution in [0, 0.1) is 0 Å². The molecule has 0 spiro atoms. The first-order valence-electron chi connectivity index (χ1n) is 9.28. The molecule has 27 heavy (non-hydrogen) atoms. The third-order valence-corrected chi connectivity index (χ3v) is 5.16. The van der Waals surface area contributed by atoms with Gasteiger partial charge in [-0.2, -0.15) is 0 Å². The summed E-state index contributed by atoms with van der Waals surface area (Å²) in [5.41, 5.74) is 2.17. The molecule has 5 heteroatoms. The van der Waals surface area contributed by atoms with E-state index in [0.717, 1.165) is 37.8 Å². The topological polar surface area (TPSA) is 27.1 Å². The molecule has 1 atom stereocenters. The van der Waals surface area contributed by atoms with Crippen molar-refractivity contribution in [2.75, 3.05) is 0 Å². The van der Waals surface area contributed by atoms with Gasteiger partial charge in [-0.15, -0.1) is 0 Å². The molecule has 3 aromatic rings. The van der Waals surface area contributed by atoms with Gasteiger partial charge in [0.05, 0.1) is 19.0 Å². The maximum atomic E-state index is 6.28. The van der Waals surface area contributed by atoms with Crippen LogP contribution in [0.15, 0.2) is 67.3 Å². The summed E-state index contributed by atoms with van der Waals surface area (Å²) >= 11 is 12.3. The van der Waals surface area contributed by atoms with Crippen LogP contribution in [0.1, 0.15) is 42.9 Å². The van der Waals surface area contributed by atoms with E-state index in [2.05, 4.69) is 33.8 Å². The SMILES string of the molecule is Clc1ccc(COC(CCCCCn2ccnc2)c2ccccc2)c(Cl)c1. The predicted octanol–water partition coefficient (Wildman–Crippen LogP) is 6.71. The van der Waals surface area contributed by atoms with Crippen LogP contribution in [0.3, 0.4) is 0 Å². The zero-order valence-electron chi connectivity index (χ0n) is 15.2. The molecular formula is C22H24Cl2N2O. The highest BCUT2D eigenvalue weighted by Gasteiger charge is 2.13. The number of hydrogen-bond acceptors (Lipinski definition) is 2. The molecular weight excluding hydrogens is 379 g/mol. The van der Waals surface area contributed by atoms with E-state index in [-0.39, 0.29) is 6.10 Å². The van der Waals surface area contributed by atoms with Crippen LogP contribution in [0.5, 0.6) is 0 Å². The van der Waals surface area contributed by atoms with Crippen LogP contribution in [0.2, 0.25) is 10.0 Å². The molecule has 0 saturated carbocycles. The Hall–Kier alpha value is -1.81. The van der Waals surface area contributed by atoms with Crippen LogP contribution >= 0.6 is 23.2 Å². The highest BCUT2D eigenvalue weighted by Crippen LogP contribution is 2.28. The number of nitrogens with zero attached hydrogens (tertiary/aromatic N) is 2. The number of aryl methyl sites for hydroxylation is 1. The molecule has 2 aromatic carbocycles. The van der Waals surface area contributed by atoms with Gasteiger partial charge in [0, 0.05) is 29.0 Å². The van der Waals surface area contributed by atoms with Crippen molar-refractivity contribution in [3.63, 3.8) is 0 Å². The normalized spacial score (nSPS) is 12.2. The van der Waals surface area contributed by atoms with Gasteiger partial charge < -0.3 is 9.30 Å². The van der Waals surface area contributed by atoms with Gasteiger partial charge in [0.15, 0.2) is 0 Å². The minimum absolute atomic E-state index is 0.0613. The van der Waals surface area contributed by atoms with E-state index >= 15 is 0 Å². The average molecular weight is 403 g/mol. The minimum atomic E-state index is 0.0613. The molecule has 1 aromatic heterocycles. The first kappa shape index (κ1) is 19.9. The van der Waals surface area contributed by atoms with E-state index in [9.17, 15) is 0 Å². The molecule has 0 aliphatic heterocycles. The van der Waals surface area contributed by atoms with Gasteiger partial charge in [0.1, 0.15) is 0 Å². The second kappa shape index (κ2) is 10.5. The van der Waals surface area contributed by atoms with E-state index in [4.69, 9.17) is 27.9 Å². The monoisotopic (exact) mass is 402 g/mol. The summed E-state index contributed by atoms with van der Waals surface area (Å²) in [6.45, 7) is 1.49. The van der Waals surface area contributed by atoms with Crippen molar-refractivity contribution in [3.05, 3.63) is 88.4 Å². The third-order valence-electron chi connectivity index (χ3n) is 4.57. The number of ether oxygens (including phenoxy) is 1. The second-order valence-corrected chi connectivity index (χ2v) is 7.44. The molecule has 0 aliphatic carbocycles. The van der Waals surface area contributed by atoms with Gasteiger partial charge in [-0.1, -0.05) is 72.4 Å². The fourth-order valence-corrected chi connectivity index (χ4v) is 3.53. The Bertz CT molecular complexity index is 806. The number of aromatic nitrogens is 2. The summed E-state index contributed by atoms with van der Waals surface area (Å²) < 4.78 is 8.36. The molecule has 0 bridgehead atoms. The van der Waals surface area contributed by atoms with Gasteiger partial charge in [0.2, 0.25) is 0 Å². The summed E-state index contributed by atoms with van der Waals surface area (Å²) in [5, 5.41) is 1.29. The second-order valence-electron chi connectivity index (χ2n) is 6.60.